The molecule has 176 valence electrons. The van der Waals surface area contributed by atoms with E-state index in [-0.39, 0.29) is 22.8 Å². The zero-order valence-electron chi connectivity index (χ0n) is 19.9. The molecule has 2 heterocycles. The summed E-state index contributed by atoms with van der Waals surface area (Å²) in [7, 11) is 2.16. The topological polar surface area (TPSA) is 41.4 Å². The molecule has 0 atom stereocenters. The Hall–Kier alpha value is -2.44. The Morgan fingerprint density at radius 3 is 2.61 bits per heavy atom. The average Bonchev–Trinajstić information content (AvgIpc) is 2.93. The fraction of sp³-hybridized carbons (Fsp3) is 0.462. The molecule has 0 bridgehead atoms. The molecular formula is C26H32ClFN4O. The normalized spacial score (nSPS) is 15.8. The van der Waals surface area contributed by atoms with Gasteiger partial charge in [0.25, 0.3) is 0 Å². The number of halogens is 2. The number of carbonyl (C=O) groups excluding carboxylic acids is 1. The quantitative estimate of drug-likeness (QED) is 0.483. The van der Waals surface area contributed by atoms with Crippen molar-refractivity contribution in [3.8, 4) is 11.4 Å². The van der Waals surface area contributed by atoms with Crippen molar-refractivity contribution in [2.45, 2.75) is 40.2 Å². The number of carbonyl (C=O) groups is 1. The lowest BCUT2D eigenvalue weighted by molar-refractivity contribution is -0.121. The van der Waals surface area contributed by atoms with Gasteiger partial charge in [0.05, 0.1) is 22.6 Å². The minimum absolute atomic E-state index is 0.0431. The summed E-state index contributed by atoms with van der Waals surface area (Å²) in [6.07, 6.45) is 1.58. The lowest BCUT2D eigenvalue weighted by Crippen LogP contribution is -2.28. The van der Waals surface area contributed by atoms with Crippen LogP contribution in [0.5, 0.6) is 0 Å². The molecule has 0 spiro atoms. The van der Waals surface area contributed by atoms with E-state index in [9.17, 15) is 9.18 Å². The third kappa shape index (κ3) is 5.56. The first-order valence-electron chi connectivity index (χ1n) is 11.5. The van der Waals surface area contributed by atoms with E-state index in [4.69, 9.17) is 16.6 Å². The van der Waals surface area contributed by atoms with Gasteiger partial charge < -0.3 is 14.4 Å². The second kappa shape index (κ2) is 9.43. The number of benzene rings is 2. The van der Waals surface area contributed by atoms with E-state index in [0.29, 0.717) is 17.8 Å². The standard InChI is InChI=1S/C26H32ClFN4O/c1-26(2,3)16-20(33)17-32-24-9-7-19(31-11-5-10-30(4)12-13-31)15-23(24)29-25(32)18-6-8-22(28)21(27)14-18/h6-9,14-15H,5,10-13,16-17H2,1-4H3. The van der Waals surface area contributed by atoms with Crippen molar-refractivity contribution in [2.24, 2.45) is 5.41 Å². The highest BCUT2D eigenvalue weighted by Crippen LogP contribution is 2.31. The van der Waals surface area contributed by atoms with E-state index in [2.05, 4.69) is 49.8 Å². The summed E-state index contributed by atoms with van der Waals surface area (Å²) < 4.78 is 15.8. The van der Waals surface area contributed by atoms with Crippen LogP contribution in [0.3, 0.4) is 0 Å². The van der Waals surface area contributed by atoms with Crippen LogP contribution in [0.25, 0.3) is 22.4 Å². The second-order valence-electron chi connectivity index (χ2n) is 10.2. The second-order valence-corrected chi connectivity index (χ2v) is 10.7. The smallest absolute Gasteiger partial charge is 0.153 e. The molecule has 3 aromatic rings. The fourth-order valence-corrected chi connectivity index (χ4v) is 4.64. The Morgan fingerprint density at radius 2 is 1.88 bits per heavy atom. The zero-order chi connectivity index (χ0) is 23.8. The zero-order valence-corrected chi connectivity index (χ0v) is 20.6. The van der Waals surface area contributed by atoms with Crippen LogP contribution >= 0.6 is 11.6 Å². The molecule has 0 unspecified atom stereocenters. The molecule has 1 saturated heterocycles. The highest BCUT2D eigenvalue weighted by molar-refractivity contribution is 6.31. The Balaban J connectivity index is 1.76. The van der Waals surface area contributed by atoms with Crippen molar-refractivity contribution >= 4 is 34.1 Å². The molecule has 2 aromatic carbocycles. The van der Waals surface area contributed by atoms with Gasteiger partial charge in [-0.1, -0.05) is 32.4 Å². The van der Waals surface area contributed by atoms with Gasteiger partial charge in [-0.25, -0.2) is 9.37 Å². The molecule has 1 aliphatic rings. The fourth-order valence-electron chi connectivity index (χ4n) is 4.46. The van der Waals surface area contributed by atoms with Crippen molar-refractivity contribution < 1.29 is 9.18 Å². The summed E-state index contributed by atoms with van der Waals surface area (Å²) in [6.45, 7) is 10.5. The van der Waals surface area contributed by atoms with Crippen LogP contribution in [0.4, 0.5) is 10.1 Å². The molecule has 5 nitrogen and oxygen atoms in total. The number of imidazole rings is 1. The van der Waals surface area contributed by atoms with Crippen LogP contribution in [0.2, 0.25) is 5.02 Å². The number of nitrogens with zero attached hydrogens (tertiary/aromatic N) is 4. The van der Waals surface area contributed by atoms with Crippen molar-refractivity contribution in [2.75, 3.05) is 38.1 Å². The minimum Gasteiger partial charge on any atom is -0.370 e. The summed E-state index contributed by atoms with van der Waals surface area (Å²) in [5.41, 5.74) is 3.44. The predicted molar refractivity (Wildman–Crippen MR) is 134 cm³/mol. The molecule has 33 heavy (non-hydrogen) atoms. The van der Waals surface area contributed by atoms with Crippen molar-refractivity contribution in [1.82, 2.24) is 14.5 Å². The first-order chi connectivity index (χ1) is 15.6. The van der Waals surface area contributed by atoms with Gasteiger partial charge in [0.2, 0.25) is 0 Å². The largest absolute Gasteiger partial charge is 0.370 e. The molecule has 7 heteroatoms. The van der Waals surface area contributed by atoms with Crippen LogP contribution in [0, 0.1) is 11.2 Å². The van der Waals surface area contributed by atoms with E-state index in [0.717, 1.165) is 49.3 Å². The number of ketones is 1. The van der Waals surface area contributed by atoms with Crippen LogP contribution in [0.15, 0.2) is 36.4 Å². The summed E-state index contributed by atoms with van der Waals surface area (Å²) in [5.74, 6) is 0.290. The maximum Gasteiger partial charge on any atom is 0.153 e. The molecule has 0 N–H and O–H groups in total. The van der Waals surface area contributed by atoms with Gasteiger partial charge in [-0.15, -0.1) is 0 Å². The number of aromatic nitrogens is 2. The number of hydrogen-bond acceptors (Lipinski definition) is 4. The van der Waals surface area contributed by atoms with Crippen LogP contribution in [0.1, 0.15) is 33.6 Å². The van der Waals surface area contributed by atoms with Gasteiger partial charge in [-0.05, 0) is 61.8 Å². The average molecular weight is 471 g/mol. The third-order valence-corrected chi connectivity index (χ3v) is 6.35. The maximum absolute atomic E-state index is 13.8. The molecule has 0 aliphatic carbocycles. The van der Waals surface area contributed by atoms with E-state index in [1.165, 1.54) is 6.07 Å². The molecule has 4 rings (SSSR count). The third-order valence-electron chi connectivity index (χ3n) is 6.06. The number of Topliss-reactive ketones (excluding diaryl/α,β-unsaturated/α-hetero) is 1. The number of likely N-dealkylation sites (N-methyl/N-ethyl adjacent to an activating group) is 1. The Morgan fingerprint density at radius 1 is 1.09 bits per heavy atom. The maximum atomic E-state index is 13.8. The molecular weight excluding hydrogens is 439 g/mol. The van der Waals surface area contributed by atoms with Crippen molar-refractivity contribution in [1.29, 1.82) is 0 Å². The van der Waals surface area contributed by atoms with Gasteiger partial charge >= 0.3 is 0 Å². The highest BCUT2D eigenvalue weighted by Gasteiger charge is 2.21. The van der Waals surface area contributed by atoms with Crippen LogP contribution in [-0.2, 0) is 11.3 Å². The summed E-state index contributed by atoms with van der Waals surface area (Å²) in [4.78, 5) is 22.5. The monoisotopic (exact) mass is 470 g/mol. The predicted octanol–water partition coefficient (Wildman–Crippen LogP) is 5.64. The Kier molecular flexibility index (Phi) is 6.78. The lowest BCUT2D eigenvalue weighted by atomic mass is 9.90. The van der Waals surface area contributed by atoms with E-state index in [1.807, 2.05) is 10.6 Å². The van der Waals surface area contributed by atoms with Crippen LogP contribution < -0.4 is 4.90 Å². The Bertz CT molecular complexity index is 1170. The van der Waals surface area contributed by atoms with E-state index < -0.39 is 5.82 Å². The molecule has 0 saturated carbocycles. The Labute approximate surface area is 200 Å². The van der Waals surface area contributed by atoms with Crippen molar-refractivity contribution in [3.05, 3.63) is 47.2 Å². The first-order valence-corrected chi connectivity index (χ1v) is 11.9. The van der Waals surface area contributed by atoms with Gasteiger partial charge in [0.15, 0.2) is 5.78 Å². The van der Waals surface area contributed by atoms with Gasteiger partial charge in [0.1, 0.15) is 11.6 Å². The molecule has 1 fully saturated rings. The summed E-state index contributed by atoms with van der Waals surface area (Å²) in [6, 6.07) is 10.8. The molecule has 0 amide bonds. The summed E-state index contributed by atoms with van der Waals surface area (Å²) in [5, 5.41) is 0.0431. The first kappa shape index (κ1) is 23.7. The van der Waals surface area contributed by atoms with Gasteiger partial charge in [-0.2, -0.15) is 0 Å². The van der Waals surface area contributed by atoms with Crippen LogP contribution in [-0.4, -0.2) is 53.5 Å². The highest BCUT2D eigenvalue weighted by atomic mass is 35.5. The SMILES string of the molecule is CN1CCCN(c2ccc3c(c2)nc(-c2ccc(F)c(Cl)c2)n3CC(=O)CC(C)(C)C)CC1. The van der Waals surface area contributed by atoms with E-state index in [1.54, 1.807) is 12.1 Å². The summed E-state index contributed by atoms with van der Waals surface area (Å²) >= 11 is 6.07. The van der Waals surface area contributed by atoms with Gasteiger partial charge in [0, 0.05) is 37.3 Å². The number of fused-ring (bicyclic) bond motifs is 1. The number of hydrogen-bond donors (Lipinski definition) is 0. The van der Waals surface area contributed by atoms with E-state index >= 15 is 0 Å². The minimum atomic E-state index is -0.472. The number of rotatable bonds is 5. The molecule has 1 aliphatic heterocycles. The molecule has 1 aromatic heterocycles. The lowest BCUT2D eigenvalue weighted by Gasteiger charge is -2.22. The van der Waals surface area contributed by atoms with Gasteiger partial charge in [-0.3, -0.25) is 4.79 Å². The number of anilines is 1. The molecule has 0 radical (unpaired) electrons. The van der Waals surface area contributed by atoms with Crippen molar-refractivity contribution in [3.63, 3.8) is 0 Å².